The fourth-order valence-electron chi connectivity index (χ4n) is 1.21. The first kappa shape index (κ1) is 12.4. The van der Waals surface area contributed by atoms with Crippen molar-refractivity contribution < 1.29 is 14.3 Å². The number of methoxy groups -OCH3 is 1. The summed E-state index contributed by atoms with van der Waals surface area (Å²) in [4.78, 5) is 22.3. The number of Topliss-reactive ketones (excluding diaryl/α,β-unsaturated/α-hetero) is 1. The predicted molar refractivity (Wildman–Crippen MR) is 61.6 cm³/mol. The molecule has 0 aliphatic rings. The molecule has 4 nitrogen and oxygen atoms in total. The molecule has 0 fully saturated rings. The van der Waals surface area contributed by atoms with Crippen LogP contribution in [0.5, 0.6) is 0 Å². The Balaban J connectivity index is 2.55. The van der Waals surface area contributed by atoms with Gasteiger partial charge in [-0.2, -0.15) is 0 Å². The van der Waals surface area contributed by atoms with Gasteiger partial charge in [-0.3, -0.25) is 9.59 Å². The molecule has 0 unspecified atom stereocenters. The quantitative estimate of drug-likeness (QED) is 0.772. The molecule has 0 saturated carbocycles. The maximum atomic E-state index is 11.3. The lowest BCUT2D eigenvalue weighted by Gasteiger charge is -2.05. The van der Waals surface area contributed by atoms with E-state index in [4.69, 9.17) is 4.74 Å². The van der Waals surface area contributed by atoms with Crippen molar-refractivity contribution in [3.63, 3.8) is 0 Å². The van der Waals surface area contributed by atoms with Gasteiger partial charge in [-0.15, -0.1) is 0 Å². The lowest BCUT2D eigenvalue weighted by Crippen LogP contribution is -2.13. The van der Waals surface area contributed by atoms with Crippen LogP contribution < -0.4 is 5.32 Å². The van der Waals surface area contributed by atoms with Gasteiger partial charge in [0.2, 0.25) is 5.91 Å². The Morgan fingerprint density at radius 3 is 2.38 bits per heavy atom. The third-order valence-corrected chi connectivity index (χ3v) is 2.11. The van der Waals surface area contributed by atoms with E-state index < -0.39 is 0 Å². The van der Waals surface area contributed by atoms with E-state index in [1.807, 2.05) is 0 Å². The first-order valence-corrected chi connectivity index (χ1v) is 5.03. The van der Waals surface area contributed by atoms with Crippen LogP contribution in [0.1, 0.15) is 23.7 Å². The molecule has 1 N–H and O–H groups in total. The molecule has 1 rings (SSSR count). The average Bonchev–Trinajstić information content (AvgIpc) is 2.27. The highest BCUT2D eigenvalue weighted by atomic mass is 16.5. The highest BCUT2D eigenvalue weighted by Gasteiger charge is 2.03. The molecule has 1 amide bonds. The number of carbonyl (C=O) groups excluding carboxylic acids is 2. The Hall–Kier alpha value is -1.68. The van der Waals surface area contributed by atoms with Gasteiger partial charge in [0, 0.05) is 18.4 Å². The van der Waals surface area contributed by atoms with Crippen LogP contribution >= 0.6 is 0 Å². The fourth-order valence-corrected chi connectivity index (χ4v) is 1.21. The molecule has 0 saturated heterocycles. The Morgan fingerprint density at radius 1 is 1.25 bits per heavy atom. The molecule has 0 bridgehead atoms. The lowest BCUT2D eigenvalue weighted by molar-refractivity contribution is -0.117. The molecule has 0 heterocycles. The molecule has 0 aliphatic heterocycles. The number of ketones is 1. The fraction of sp³-hybridized carbons (Fsp3) is 0.333. The molecule has 1 aromatic rings. The minimum absolute atomic E-state index is 0.0114. The number of hydrogen-bond donors (Lipinski definition) is 1. The lowest BCUT2D eigenvalue weighted by atomic mass is 10.1. The first-order valence-electron chi connectivity index (χ1n) is 5.03. The van der Waals surface area contributed by atoms with E-state index in [1.165, 1.54) is 6.92 Å². The van der Waals surface area contributed by atoms with E-state index in [0.717, 1.165) is 0 Å². The standard InChI is InChI=1S/C12H15NO3/c1-9(14)10-3-5-11(6-4-10)13-12(15)7-8-16-2/h3-6H,7-8H2,1-2H3,(H,13,15). The van der Waals surface area contributed by atoms with Crippen molar-refractivity contribution in [2.75, 3.05) is 19.0 Å². The van der Waals surface area contributed by atoms with Crippen molar-refractivity contribution in [3.8, 4) is 0 Å². The van der Waals surface area contributed by atoms with E-state index in [9.17, 15) is 9.59 Å². The normalized spacial score (nSPS) is 9.88. The summed E-state index contributed by atoms with van der Waals surface area (Å²) in [6.45, 7) is 1.91. The summed E-state index contributed by atoms with van der Waals surface area (Å²) in [6.07, 6.45) is 0.324. The van der Waals surface area contributed by atoms with Crippen molar-refractivity contribution >= 4 is 17.4 Å². The van der Waals surface area contributed by atoms with E-state index in [0.29, 0.717) is 24.3 Å². The highest BCUT2D eigenvalue weighted by Crippen LogP contribution is 2.10. The van der Waals surface area contributed by atoms with Gasteiger partial charge >= 0.3 is 0 Å². The van der Waals surface area contributed by atoms with E-state index >= 15 is 0 Å². The molecule has 16 heavy (non-hydrogen) atoms. The van der Waals surface area contributed by atoms with Crippen LogP contribution in [0.4, 0.5) is 5.69 Å². The van der Waals surface area contributed by atoms with Crippen LogP contribution in [0.25, 0.3) is 0 Å². The van der Waals surface area contributed by atoms with Crippen LogP contribution in [-0.2, 0) is 9.53 Å². The van der Waals surface area contributed by atoms with Gasteiger partial charge in [0.25, 0.3) is 0 Å². The van der Waals surface area contributed by atoms with Crippen LogP contribution in [0.15, 0.2) is 24.3 Å². The third kappa shape index (κ3) is 3.82. The molecule has 1 aromatic carbocycles. The number of nitrogens with one attached hydrogen (secondary N) is 1. The molecule has 0 spiro atoms. The highest BCUT2D eigenvalue weighted by molar-refractivity contribution is 5.95. The molecule has 0 aromatic heterocycles. The zero-order valence-corrected chi connectivity index (χ0v) is 9.45. The zero-order valence-electron chi connectivity index (χ0n) is 9.45. The van der Waals surface area contributed by atoms with E-state index in [-0.39, 0.29) is 11.7 Å². The molecule has 0 aliphatic carbocycles. The van der Waals surface area contributed by atoms with Gasteiger partial charge in [-0.05, 0) is 31.2 Å². The number of rotatable bonds is 5. The monoisotopic (exact) mass is 221 g/mol. The number of carbonyl (C=O) groups is 2. The summed E-state index contributed by atoms with van der Waals surface area (Å²) in [5, 5.41) is 2.71. The van der Waals surface area contributed by atoms with Gasteiger partial charge in [0.15, 0.2) is 5.78 Å². The minimum Gasteiger partial charge on any atom is -0.384 e. The van der Waals surface area contributed by atoms with Gasteiger partial charge < -0.3 is 10.1 Å². The summed E-state index contributed by atoms with van der Waals surface area (Å²) < 4.78 is 4.80. The van der Waals surface area contributed by atoms with Gasteiger partial charge in [-0.1, -0.05) is 0 Å². The SMILES string of the molecule is COCCC(=O)Nc1ccc(C(C)=O)cc1. The second kappa shape index (κ2) is 6.02. The van der Waals surface area contributed by atoms with Crippen molar-refractivity contribution in [1.29, 1.82) is 0 Å². The number of hydrogen-bond acceptors (Lipinski definition) is 3. The summed E-state index contributed by atoms with van der Waals surface area (Å²) in [5.41, 5.74) is 1.32. The van der Waals surface area contributed by atoms with Crippen LogP contribution in [0, 0.1) is 0 Å². The number of benzene rings is 1. The number of amides is 1. The maximum absolute atomic E-state index is 11.3. The van der Waals surface area contributed by atoms with Crippen LogP contribution in [-0.4, -0.2) is 25.4 Å². The van der Waals surface area contributed by atoms with E-state index in [2.05, 4.69) is 5.32 Å². The maximum Gasteiger partial charge on any atom is 0.226 e. The first-order chi connectivity index (χ1) is 7.63. The Bertz CT molecular complexity index is 370. The van der Waals surface area contributed by atoms with E-state index in [1.54, 1.807) is 31.4 Å². The van der Waals surface area contributed by atoms with Crippen LogP contribution in [0.2, 0.25) is 0 Å². The zero-order chi connectivity index (χ0) is 12.0. The topological polar surface area (TPSA) is 55.4 Å². The summed E-state index contributed by atoms with van der Waals surface area (Å²) >= 11 is 0. The van der Waals surface area contributed by atoms with Crippen molar-refractivity contribution in [3.05, 3.63) is 29.8 Å². The summed E-state index contributed by atoms with van der Waals surface area (Å²) in [7, 11) is 1.55. The number of ether oxygens (including phenoxy) is 1. The molecule has 4 heteroatoms. The second-order valence-corrected chi connectivity index (χ2v) is 3.42. The molecule has 0 atom stereocenters. The molecular formula is C12H15NO3. The summed E-state index contributed by atoms with van der Waals surface area (Å²) in [6, 6.07) is 6.80. The van der Waals surface area contributed by atoms with Gasteiger partial charge in [0.05, 0.1) is 13.0 Å². The number of anilines is 1. The Labute approximate surface area is 94.6 Å². The third-order valence-electron chi connectivity index (χ3n) is 2.11. The largest absolute Gasteiger partial charge is 0.384 e. The predicted octanol–water partition coefficient (Wildman–Crippen LogP) is 1.86. The van der Waals surface area contributed by atoms with Crippen LogP contribution in [0.3, 0.4) is 0 Å². The Morgan fingerprint density at radius 2 is 1.88 bits per heavy atom. The Kier molecular flexibility index (Phi) is 4.66. The van der Waals surface area contributed by atoms with Crippen molar-refractivity contribution in [2.45, 2.75) is 13.3 Å². The molecule has 86 valence electrons. The summed E-state index contributed by atoms with van der Waals surface area (Å²) in [5.74, 6) is -0.0883. The molecular weight excluding hydrogens is 206 g/mol. The van der Waals surface area contributed by atoms with Crippen molar-refractivity contribution in [2.24, 2.45) is 0 Å². The minimum atomic E-state index is -0.0996. The molecule has 0 radical (unpaired) electrons. The van der Waals surface area contributed by atoms with Gasteiger partial charge in [0.1, 0.15) is 0 Å². The van der Waals surface area contributed by atoms with Gasteiger partial charge in [-0.25, -0.2) is 0 Å². The second-order valence-electron chi connectivity index (χ2n) is 3.42. The smallest absolute Gasteiger partial charge is 0.226 e. The van der Waals surface area contributed by atoms with Crippen molar-refractivity contribution in [1.82, 2.24) is 0 Å². The average molecular weight is 221 g/mol.